The number of H-pyrrole nitrogens is 1. The van der Waals surface area contributed by atoms with Gasteiger partial charge in [-0.1, -0.05) is 0 Å². The fraction of sp³-hybridized carbons (Fsp3) is 0.214. The predicted molar refractivity (Wildman–Crippen MR) is 72.6 cm³/mol. The van der Waals surface area contributed by atoms with Crippen molar-refractivity contribution in [2.24, 2.45) is 0 Å². The Balaban J connectivity index is 2.04. The Labute approximate surface area is 123 Å². The molecule has 8 heteroatoms. The Morgan fingerprint density at radius 3 is 2.86 bits per heavy atom. The lowest BCUT2D eigenvalue weighted by Gasteiger charge is -2.19. The topological polar surface area (TPSA) is 70.3 Å². The van der Waals surface area contributed by atoms with Crippen LogP contribution in [0.1, 0.15) is 12.5 Å². The van der Waals surface area contributed by atoms with Gasteiger partial charge in [0, 0.05) is 29.5 Å². The van der Waals surface area contributed by atoms with Crippen LogP contribution >= 0.6 is 0 Å². The van der Waals surface area contributed by atoms with Crippen molar-refractivity contribution in [3.63, 3.8) is 0 Å². The van der Waals surface area contributed by atoms with Crippen LogP contribution in [0.15, 0.2) is 37.1 Å². The molecule has 3 aromatic heterocycles. The highest BCUT2D eigenvalue weighted by Crippen LogP contribution is 2.35. The van der Waals surface area contributed by atoms with E-state index in [9.17, 15) is 13.2 Å². The molecule has 3 heterocycles. The lowest BCUT2D eigenvalue weighted by atomic mass is 10.2. The molecule has 0 aliphatic heterocycles. The second kappa shape index (κ2) is 5.18. The molecule has 0 saturated heterocycles. The molecule has 22 heavy (non-hydrogen) atoms. The number of aromatic nitrogens is 4. The predicted octanol–water partition coefficient (Wildman–Crippen LogP) is 3.44. The summed E-state index contributed by atoms with van der Waals surface area (Å²) in [5.41, 5.74) is 1.70. The maximum absolute atomic E-state index is 13.0. The number of fused-ring (bicyclic) bond motifs is 1. The molecule has 3 aromatic rings. The number of halogens is 3. The molecule has 0 saturated carbocycles. The quantitative estimate of drug-likeness (QED) is 0.805. The van der Waals surface area contributed by atoms with Crippen molar-refractivity contribution in [3.05, 3.63) is 37.1 Å². The molecule has 5 nitrogen and oxygen atoms in total. The van der Waals surface area contributed by atoms with Gasteiger partial charge in [-0.15, -0.1) is 0 Å². The molecule has 1 atom stereocenters. The molecular formula is C14H10F3N5. The Hall–Kier alpha value is -2.82. The van der Waals surface area contributed by atoms with Crippen LogP contribution in [0.2, 0.25) is 0 Å². The third kappa shape index (κ3) is 2.41. The molecule has 0 aliphatic carbocycles. The zero-order valence-electron chi connectivity index (χ0n) is 11.2. The van der Waals surface area contributed by atoms with E-state index in [2.05, 4.69) is 15.0 Å². The molecule has 1 N–H and O–H groups in total. The molecule has 0 fully saturated rings. The third-order valence-corrected chi connectivity index (χ3v) is 3.36. The van der Waals surface area contributed by atoms with Crippen molar-refractivity contribution < 1.29 is 13.2 Å². The van der Waals surface area contributed by atoms with Gasteiger partial charge in [0.1, 0.15) is 18.0 Å². The van der Waals surface area contributed by atoms with Crippen molar-refractivity contribution in [3.8, 4) is 17.3 Å². The molecule has 0 amide bonds. The number of nitrogens with one attached hydrogen (secondary N) is 1. The number of aromatic amines is 1. The first-order chi connectivity index (χ1) is 10.5. The minimum Gasteiger partial charge on any atom is -0.346 e. The second-order valence-corrected chi connectivity index (χ2v) is 4.73. The number of nitrogens with zero attached hydrogens (tertiary/aromatic N) is 4. The molecule has 0 unspecified atom stereocenters. The third-order valence-electron chi connectivity index (χ3n) is 3.36. The van der Waals surface area contributed by atoms with E-state index in [-0.39, 0.29) is 0 Å². The van der Waals surface area contributed by atoms with Gasteiger partial charge in [0.05, 0.1) is 18.2 Å². The summed E-state index contributed by atoms with van der Waals surface area (Å²) in [6, 6.07) is 3.02. The Morgan fingerprint density at radius 2 is 2.14 bits per heavy atom. The first-order valence-corrected chi connectivity index (χ1v) is 6.40. The SMILES string of the molecule is N#CC[C@H](n1ccc(-c2ncnc3[nH]ccc23)c1)C(F)(F)F. The van der Waals surface area contributed by atoms with Crippen molar-refractivity contribution >= 4 is 11.0 Å². The zero-order chi connectivity index (χ0) is 15.7. The summed E-state index contributed by atoms with van der Waals surface area (Å²) in [6.07, 6.45) is 0.577. The zero-order valence-corrected chi connectivity index (χ0v) is 11.2. The first-order valence-electron chi connectivity index (χ1n) is 6.40. The highest BCUT2D eigenvalue weighted by molar-refractivity contribution is 5.90. The van der Waals surface area contributed by atoms with Gasteiger partial charge < -0.3 is 9.55 Å². The Morgan fingerprint density at radius 1 is 1.32 bits per heavy atom. The molecule has 0 spiro atoms. The number of nitriles is 1. The summed E-state index contributed by atoms with van der Waals surface area (Å²) < 4.78 is 40.0. The fourth-order valence-electron chi connectivity index (χ4n) is 2.33. The van der Waals surface area contributed by atoms with Crippen LogP contribution in [-0.2, 0) is 0 Å². The highest BCUT2D eigenvalue weighted by atomic mass is 19.4. The Bertz CT molecular complexity index is 840. The molecule has 0 aromatic carbocycles. The van der Waals surface area contributed by atoms with Crippen molar-refractivity contribution in [1.29, 1.82) is 5.26 Å². The second-order valence-electron chi connectivity index (χ2n) is 4.73. The summed E-state index contributed by atoms with van der Waals surface area (Å²) in [5.74, 6) is 0. The van der Waals surface area contributed by atoms with Gasteiger partial charge in [-0.2, -0.15) is 18.4 Å². The fourth-order valence-corrected chi connectivity index (χ4v) is 2.33. The van der Waals surface area contributed by atoms with Gasteiger partial charge in [0.2, 0.25) is 0 Å². The van der Waals surface area contributed by atoms with Crippen molar-refractivity contribution in [2.75, 3.05) is 0 Å². The standard InChI is InChI=1S/C14H10F3N5/c15-14(16,17)11(1-4-18)22-6-3-9(7-22)12-10-2-5-19-13(10)21-8-20-12/h2-3,5-8,11H,1H2,(H,19,20,21)/t11-/m0/s1. The van der Waals surface area contributed by atoms with Gasteiger partial charge in [0.15, 0.2) is 0 Å². The van der Waals surface area contributed by atoms with Crippen molar-refractivity contribution in [1.82, 2.24) is 19.5 Å². The minimum atomic E-state index is -4.49. The largest absolute Gasteiger partial charge is 0.410 e. The van der Waals surface area contributed by atoms with E-state index >= 15 is 0 Å². The monoisotopic (exact) mass is 305 g/mol. The van der Waals surface area contributed by atoms with Gasteiger partial charge >= 0.3 is 6.18 Å². The van der Waals surface area contributed by atoms with Crippen LogP contribution in [0.5, 0.6) is 0 Å². The summed E-state index contributed by atoms with van der Waals surface area (Å²) in [4.78, 5) is 11.1. The normalized spacial score (nSPS) is 13.2. The van der Waals surface area contributed by atoms with Crippen LogP contribution < -0.4 is 0 Å². The maximum atomic E-state index is 13.0. The van der Waals surface area contributed by atoms with Gasteiger partial charge in [-0.05, 0) is 12.1 Å². The summed E-state index contributed by atoms with van der Waals surface area (Å²) >= 11 is 0. The smallest absolute Gasteiger partial charge is 0.346 e. The summed E-state index contributed by atoms with van der Waals surface area (Å²) in [7, 11) is 0. The minimum absolute atomic E-state index is 0.541. The number of hydrogen-bond donors (Lipinski definition) is 1. The van der Waals surface area contributed by atoms with Crippen LogP contribution in [0.3, 0.4) is 0 Å². The number of hydrogen-bond acceptors (Lipinski definition) is 3. The molecule has 0 radical (unpaired) electrons. The van der Waals surface area contributed by atoms with E-state index < -0.39 is 18.6 Å². The van der Waals surface area contributed by atoms with Crippen LogP contribution in [0.4, 0.5) is 13.2 Å². The molecule has 0 aliphatic rings. The molecule has 0 bridgehead atoms. The average molecular weight is 305 g/mol. The lowest BCUT2D eigenvalue weighted by Crippen LogP contribution is -2.25. The van der Waals surface area contributed by atoms with E-state index in [1.165, 1.54) is 18.7 Å². The summed E-state index contributed by atoms with van der Waals surface area (Å²) in [6.45, 7) is 0. The first kappa shape index (κ1) is 14.1. The van der Waals surface area contributed by atoms with E-state index in [4.69, 9.17) is 5.26 Å². The summed E-state index contributed by atoms with van der Waals surface area (Å²) in [5, 5.41) is 9.34. The van der Waals surface area contributed by atoms with Gasteiger partial charge in [-0.25, -0.2) is 9.97 Å². The molecule has 3 rings (SSSR count). The van der Waals surface area contributed by atoms with Gasteiger partial charge in [-0.3, -0.25) is 0 Å². The van der Waals surface area contributed by atoms with E-state index in [0.29, 0.717) is 16.9 Å². The lowest BCUT2D eigenvalue weighted by molar-refractivity contribution is -0.166. The Kier molecular flexibility index (Phi) is 3.33. The highest BCUT2D eigenvalue weighted by Gasteiger charge is 2.40. The van der Waals surface area contributed by atoms with E-state index in [1.54, 1.807) is 24.4 Å². The number of rotatable bonds is 3. The van der Waals surface area contributed by atoms with Crippen molar-refractivity contribution in [2.45, 2.75) is 18.6 Å². The van der Waals surface area contributed by atoms with Crippen LogP contribution in [0, 0.1) is 11.3 Å². The van der Waals surface area contributed by atoms with E-state index in [0.717, 1.165) is 9.95 Å². The number of alkyl halides is 3. The molecular weight excluding hydrogens is 295 g/mol. The molecule has 112 valence electrons. The van der Waals surface area contributed by atoms with Crippen LogP contribution in [0.25, 0.3) is 22.3 Å². The van der Waals surface area contributed by atoms with Crippen LogP contribution in [-0.4, -0.2) is 25.7 Å². The average Bonchev–Trinajstić information content (AvgIpc) is 3.11. The van der Waals surface area contributed by atoms with E-state index in [1.807, 2.05) is 0 Å². The maximum Gasteiger partial charge on any atom is 0.410 e. The van der Waals surface area contributed by atoms with Gasteiger partial charge in [0.25, 0.3) is 0 Å².